The first-order chi connectivity index (χ1) is 59.6. The van der Waals surface area contributed by atoms with Crippen molar-refractivity contribution in [2.24, 2.45) is 0 Å². The van der Waals surface area contributed by atoms with Crippen LogP contribution in [0.5, 0.6) is 0 Å². The van der Waals surface area contributed by atoms with Crippen LogP contribution < -0.4 is 72.4 Å². The molecule has 3 aliphatic carbocycles. The molecule has 18 rings (SSSR count). The smallest absolute Gasteiger partial charge is 0.376 e. The summed E-state index contributed by atoms with van der Waals surface area (Å²) in [7, 11) is -5.58. The molecule has 0 spiro atoms. The van der Waals surface area contributed by atoms with E-state index in [0.717, 1.165) is 59.4 Å². The molecule has 0 fully saturated rings. The number of benzene rings is 15. The summed E-state index contributed by atoms with van der Waals surface area (Å²) in [5.41, 5.74) is 27.4. The molecule has 2 N–H and O–H groups in total. The van der Waals surface area contributed by atoms with Crippen LogP contribution in [0.15, 0.2) is 372 Å². The number of aryl methyl sites for hydroxylation is 6. The van der Waals surface area contributed by atoms with Crippen LogP contribution in [0.2, 0.25) is 0 Å². The van der Waals surface area contributed by atoms with Gasteiger partial charge in [-0.25, -0.2) is 0 Å². The number of aliphatic hydroxyl groups is 1. The number of carbonyl (C=O) groups excluding carboxylic acids is 2. The first-order valence-electron chi connectivity index (χ1n) is 40.5. The molecule has 636 valence electrons. The average molecular weight is 2010 g/mol. The van der Waals surface area contributed by atoms with Gasteiger partial charge < -0.3 is 10.2 Å². The molecule has 0 bridgehead atoms. The molecule has 3 atom stereocenters. The number of aldehydes is 2. The standard InChI is InChI=1S/C29H23Br.C28H21BrO.C20H13BrO2.C19H18BrP.C8H10.C4H9O.CH4O3S.F2HP.K/c1-4-21-11-13-22(14-12-21)29(27-17-19(2)9-10-20(27)3)26-8-6-5-7-24(26)25-16-15-23(30)18-28(25)29;1-18-7-8-19(2)26(15-18)28(21-11-9-20(17-30)10-12-21)25-6-4-3-5-23(25)24-14-13-22(29)16-27(24)28;21-15-9-10-17-16-3-1-2-4-18(16)20(23,19(17)11-15)14-7-5-13(12-22)6-8-14;1-21(20,17-11-5-2-6-12-17,18-13-7-3-8-14-18)19-15-9-4-10-16-19;1-7-3-5-8(2)6-4-7;1-4(2,3)5;1-5(2,3)4;1-3-2;/h4-18H,1H2,2-3H3;3-17H,1-2H3;1-12,23H;2-16H,1H3;3-6H,1-2H3;1-3H3;1H3,(H,2,3,4);3H;/q;;;;;-1;;;+1. The summed E-state index contributed by atoms with van der Waals surface area (Å²) in [6.07, 6.45) is 4.33. The van der Waals surface area contributed by atoms with E-state index in [1.165, 1.54) is 116 Å². The summed E-state index contributed by atoms with van der Waals surface area (Å²) >= 11 is 15.2. The summed E-state index contributed by atoms with van der Waals surface area (Å²) in [4.78, 5) is 22.2. The molecule has 7 nitrogen and oxygen atoms in total. The van der Waals surface area contributed by atoms with Crippen LogP contribution in [-0.4, -0.2) is 49.2 Å². The van der Waals surface area contributed by atoms with Crippen molar-refractivity contribution in [3.05, 3.63) is 483 Å². The maximum Gasteiger partial charge on any atom is 1.00 e. The largest absolute Gasteiger partial charge is 1.00 e. The van der Waals surface area contributed by atoms with Gasteiger partial charge in [-0.15, -0.1) is 5.60 Å². The van der Waals surface area contributed by atoms with E-state index in [-0.39, 0.29) is 56.8 Å². The Morgan fingerprint density at radius 1 is 0.381 bits per heavy atom. The fraction of sp³-hybridized carbons (Fsp3) is 0.138. The van der Waals surface area contributed by atoms with E-state index in [4.69, 9.17) is 4.55 Å². The molecule has 15 aromatic rings. The molecule has 0 radical (unpaired) electrons. The minimum atomic E-state index is -3.67. The van der Waals surface area contributed by atoms with Crippen molar-refractivity contribution >= 4 is 122 Å². The van der Waals surface area contributed by atoms with Gasteiger partial charge in [0.25, 0.3) is 19.3 Å². The van der Waals surface area contributed by atoms with Crippen molar-refractivity contribution in [3.8, 4) is 33.4 Å². The molecular weight excluding hydrogens is 1910 g/mol. The van der Waals surface area contributed by atoms with E-state index in [0.29, 0.717) is 17.4 Å². The zero-order valence-electron chi connectivity index (χ0n) is 72.5. The van der Waals surface area contributed by atoms with Crippen molar-refractivity contribution in [2.45, 2.75) is 84.3 Å². The second-order valence-electron chi connectivity index (χ2n) is 32.4. The van der Waals surface area contributed by atoms with Crippen LogP contribution in [0.3, 0.4) is 0 Å². The van der Waals surface area contributed by atoms with Gasteiger partial charge in [-0.1, -0.05) is 328 Å². The van der Waals surface area contributed by atoms with Gasteiger partial charge in [0.2, 0.25) is 0 Å². The Hall–Kier alpha value is -8.51. The number of fused-ring (bicyclic) bond motifs is 9. The van der Waals surface area contributed by atoms with Crippen molar-refractivity contribution in [3.63, 3.8) is 0 Å². The number of rotatable bonds is 11. The van der Waals surface area contributed by atoms with Gasteiger partial charge >= 0.3 is 186 Å². The minimum Gasteiger partial charge on any atom is -0.376 e. The SMILES string of the molecule is C=Cc1ccc(C2(c3cc(C)ccc3C)c3ccccc3-c3ccc(Br)cc32)cc1.CC(C)(C)[O-].CP(Br)(c1ccccc1)(c1ccccc1)c1ccccc1.CS(=O)(=O)O.Cc1ccc(C)c(C2(c3ccc(C=O)cc3)c3ccccc3-c3ccc(Br)cc32)c1.Cc1ccc(C)cc1.FPF.O=Cc1ccc(C2(O)c3ccccc3-c3ccc(Br)cc32)cc1.[K+]. The third kappa shape index (κ3) is 22.1. The molecule has 126 heavy (non-hydrogen) atoms. The van der Waals surface area contributed by atoms with Gasteiger partial charge in [0.05, 0.1) is 17.1 Å². The molecule has 15 aromatic carbocycles. The van der Waals surface area contributed by atoms with E-state index in [9.17, 15) is 36.6 Å². The first kappa shape index (κ1) is 99.6. The van der Waals surface area contributed by atoms with Crippen molar-refractivity contribution in [1.29, 1.82) is 0 Å². The number of hydrogen-bond acceptors (Lipinski definition) is 6. The molecule has 0 aromatic heterocycles. The van der Waals surface area contributed by atoms with Gasteiger partial charge in [-0.2, -0.15) is 16.8 Å². The van der Waals surface area contributed by atoms with Crippen molar-refractivity contribution in [2.75, 3.05) is 12.9 Å². The Morgan fingerprint density at radius 2 is 0.643 bits per heavy atom. The quantitative estimate of drug-likeness (QED) is 0.0570. The number of carbonyl (C=O) groups is 2. The van der Waals surface area contributed by atoms with Crippen LogP contribution in [0.25, 0.3) is 39.5 Å². The summed E-state index contributed by atoms with van der Waals surface area (Å²) in [6, 6.07) is 123. The van der Waals surface area contributed by atoms with Gasteiger partial charge in [0.1, 0.15) is 18.2 Å². The molecule has 0 amide bonds. The normalized spacial score (nSPS) is 15.2. The average Bonchev–Trinajstić information content (AvgIpc) is 1.54. The first-order valence-corrected chi connectivity index (χ1v) is 50.2. The van der Waals surface area contributed by atoms with E-state index in [1.807, 2.05) is 72.8 Å². The summed E-state index contributed by atoms with van der Waals surface area (Å²) in [5.74, 6) is 0. The third-order valence-corrected chi connectivity index (χ3v) is 32.2. The molecule has 3 unspecified atom stereocenters. The minimum absolute atomic E-state index is 0. The fourth-order valence-electron chi connectivity index (χ4n) is 16.8. The van der Waals surface area contributed by atoms with Gasteiger partial charge in [-0.3, -0.25) is 14.1 Å². The zero-order valence-corrected chi connectivity index (χ0v) is 84.7. The molecule has 0 aliphatic heterocycles. The summed E-state index contributed by atoms with van der Waals surface area (Å²) < 4.78 is 48.3. The second-order valence-corrected chi connectivity index (χ2v) is 46.4. The Labute approximate surface area is 819 Å². The Bertz CT molecular complexity index is 6100. The van der Waals surface area contributed by atoms with E-state index in [1.54, 1.807) is 32.9 Å². The molecule has 17 heteroatoms. The zero-order chi connectivity index (χ0) is 90.3. The molecule has 3 aliphatic rings. The maximum atomic E-state index is 11.6. The van der Waals surface area contributed by atoms with Gasteiger partial charge in [0.15, 0.2) is 0 Å². The van der Waals surface area contributed by atoms with Crippen LogP contribution in [0, 0.1) is 41.5 Å². The Morgan fingerprint density at radius 3 is 0.968 bits per heavy atom. The monoisotopic (exact) mass is 2010 g/mol. The molecule has 0 heterocycles. The van der Waals surface area contributed by atoms with Crippen LogP contribution in [-0.2, 0) is 26.5 Å². The fourth-order valence-corrected chi connectivity index (χ4v) is 23.5. The Balaban J connectivity index is 0.000000163. The maximum absolute atomic E-state index is 11.6. The van der Waals surface area contributed by atoms with Crippen molar-refractivity contribution < 1.29 is 92.6 Å². The van der Waals surface area contributed by atoms with Gasteiger partial charge in [0, 0.05) is 35.7 Å². The Kier molecular flexibility index (Phi) is 34.2. The van der Waals surface area contributed by atoms with Crippen LogP contribution in [0.4, 0.5) is 8.39 Å². The topological polar surface area (TPSA) is 132 Å². The van der Waals surface area contributed by atoms with E-state index in [2.05, 4.69) is 391 Å². The number of hydrogen-bond donors (Lipinski definition) is 2. The third-order valence-electron chi connectivity index (χ3n) is 22.4. The molecule has 0 saturated carbocycles. The predicted molar refractivity (Wildman–Crippen MR) is 534 cm³/mol. The van der Waals surface area contributed by atoms with Gasteiger partial charge in [-0.05, 0) is 178 Å². The van der Waals surface area contributed by atoms with Crippen LogP contribution in [0.1, 0.15) is 142 Å². The summed E-state index contributed by atoms with van der Waals surface area (Å²) in [5, 5.41) is 23.2. The van der Waals surface area contributed by atoms with Crippen molar-refractivity contribution in [1.82, 2.24) is 0 Å². The predicted octanol–water partition coefficient (Wildman–Crippen LogP) is 24.7. The molecular formula is C109H99Br4F2KO7P2S. The second kappa shape index (κ2) is 43.3. The van der Waals surface area contributed by atoms with E-state index < -0.39 is 41.2 Å². The number of halogens is 6. The van der Waals surface area contributed by atoms with Crippen LogP contribution >= 0.6 is 77.8 Å². The summed E-state index contributed by atoms with van der Waals surface area (Å²) in [6.45, 7) is 24.1. The van der Waals surface area contributed by atoms with E-state index >= 15 is 0 Å². The molecule has 0 saturated heterocycles.